The second kappa shape index (κ2) is 14.7. The molecule has 1 unspecified atom stereocenters. The number of nitrogens with zero attached hydrogens (tertiary/aromatic N) is 1. The van der Waals surface area contributed by atoms with Crippen LogP contribution >= 0.6 is 24.0 Å². The molecule has 1 heterocycles. The molecule has 2 amide bonds. The van der Waals surface area contributed by atoms with E-state index in [1.807, 2.05) is 19.1 Å². The third kappa shape index (κ3) is 8.85. The number of hydrogen-bond acceptors (Lipinski definition) is 7. The highest BCUT2D eigenvalue weighted by Gasteiger charge is 2.40. The highest BCUT2D eigenvalue weighted by Crippen LogP contribution is 2.36. The molecular formula is C25H34N2O6S2. The molecule has 2 rings (SSSR count). The number of thiocarbonyl (C=S) groups is 1. The Balaban J connectivity index is 2.10. The van der Waals surface area contributed by atoms with Gasteiger partial charge in [-0.25, -0.2) is 4.79 Å². The maximum atomic E-state index is 13.0. The van der Waals surface area contributed by atoms with E-state index in [9.17, 15) is 19.5 Å². The molecule has 1 saturated heterocycles. The molecule has 0 bridgehead atoms. The molecular weight excluding hydrogens is 488 g/mol. The van der Waals surface area contributed by atoms with Crippen LogP contribution in [-0.2, 0) is 14.4 Å². The molecule has 10 heteroatoms. The fourth-order valence-corrected chi connectivity index (χ4v) is 4.97. The number of thioether (sulfide) groups is 1. The van der Waals surface area contributed by atoms with Crippen molar-refractivity contribution in [3.8, 4) is 11.5 Å². The molecule has 0 aliphatic carbocycles. The zero-order chi connectivity index (χ0) is 25.8. The molecule has 1 fully saturated rings. The van der Waals surface area contributed by atoms with E-state index in [1.165, 1.54) is 25.7 Å². The SMILES string of the molecule is CCCCCCCCOc1ccc(C=C2SC(=S)N(C(CCC(N)=O)C(=O)O)C2=O)cc1OCC. The van der Waals surface area contributed by atoms with Crippen molar-refractivity contribution in [2.45, 2.75) is 71.3 Å². The molecule has 1 aliphatic rings. The number of amides is 2. The van der Waals surface area contributed by atoms with Crippen molar-refractivity contribution >= 4 is 52.2 Å². The van der Waals surface area contributed by atoms with E-state index < -0.39 is 23.8 Å². The van der Waals surface area contributed by atoms with Gasteiger partial charge in [-0.15, -0.1) is 0 Å². The van der Waals surface area contributed by atoms with Crippen molar-refractivity contribution < 1.29 is 29.0 Å². The molecule has 1 aromatic rings. The number of ether oxygens (including phenoxy) is 2. The number of hydrogen-bond donors (Lipinski definition) is 2. The van der Waals surface area contributed by atoms with Gasteiger partial charge < -0.3 is 20.3 Å². The Morgan fingerprint density at radius 2 is 1.86 bits per heavy atom. The maximum absolute atomic E-state index is 13.0. The number of primary amides is 1. The van der Waals surface area contributed by atoms with Gasteiger partial charge in [-0.1, -0.05) is 69.1 Å². The Bertz CT molecular complexity index is 950. The highest BCUT2D eigenvalue weighted by molar-refractivity contribution is 8.26. The van der Waals surface area contributed by atoms with E-state index in [0.29, 0.717) is 35.2 Å². The van der Waals surface area contributed by atoms with Crippen LogP contribution in [0.1, 0.15) is 70.8 Å². The molecule has 192 valence electrons. The van der Waals surface area contributed by atoms with Crippen LogP contribution in [0.3, 0.4) is 0 Å². The average molecular weight is 523 g/mol. The maximum Gasteiger partial charge on any atom is 0.326 e. The van der Waals surface area contributed by atoms with Crippen LogP contribution < -0.4 is 15.2 Å². The molecule has 1 atom stereocenters. The number of carboxylic acid groups (broad SMARTS) is 1. The minimum atomic E-state index is -1.25. The standard InChI is InChI=1S/C25H34N2O6S2/c1-3-5-6-7-8-9-14-33-19-12-10-17(15-20(19)32-4-2)16-21-23(29)27(25(34)35-21)18(24(30)31)11-13-22(26)28/h10,12,15-16,18H,3-9,11,13-14H2,1-2H3,(H2,26,28)(H,30,31). The number of benzene rings is 1. The fraction of sp³-hybridized carbons (Fsp3) is 0.520. The van der Waals surface area contributed by atoms with Gasteiger partial charge in [-0.3, -0.25) is 14.5 Å². The van der Waals surface area contributed by atoms with Crippen LogP contribution in [-0.4, -0.2) is 51.4 Å². The van der Waals surface area contributed by atoms with E-state index in [2.05, 4.69) is 6.92 Å². The quantitative estimate of drug-likeness (QED) is 0.181. The zero-order valence-electron chi connectivity index (χ0n) is 20.3. The lowest BCUT2D eigenvalue weighted by Gasteiger charge is -2.22. The van der Waals surface area contributed by atoms with Crippen molar-refractivity contribution in [2.75, 3.05) is 13.2 Å². The number of nitrogens with two attached hydrogens (primary N) is 1. The highest BCUT2D eigenvalue weighted by atomic mass is 32.2. The number of aliphatic carboxylic acids is 1. The summed E-state index contributed by atoms with van der Waals surface area (Å²) in [6.45, 7) is 5.14. The Hall–Kier alpha value is -2.59. The molecule has 3 N–H and O–H groups in total. The monoisotopic (exact) mass is 522 g/mol. The minimum absolute atomic E-state index is 0.108. The number of unbranched alkanes of at least 4 members (excludes halogenated alkanes) is 5. The van der Waals surface area contributed by atoms with E-state index >= 15 is 0 Å². The topological polar surface area (TPSA) is 119 Å². The minimum Gasteiger partial charge on any atom is -0.490 e. The lowest BCUT2D eigenvalue weighted by Crippen LogP contribution is -2.44. The summed E-state index contributed by atoms with van der Waals surface area (Å²) in [7, 11) is 0. The second-order valence-corrected chi connectivity index (χ2v) is 9.84. The van der Waals surface area contributed by atoms with Gasteiger partial charge in [0.25, 0.3) is 5.91 Å². The normalized spacial score (nSPS) is 15.5. The average Bonchev–Trinajstić information content (AvgIpc) is 3.07. The van der Waals surface area contributed by atoms with E-state index in [-0.39, 0.29) is 17.2 Å². The second-order valence-electron chi connectivity index (χ2n) is 8.17. The van der Waals surface area contributed by atoms with Crippen LogP contribution in [0.4, 0.5) is 0 Å². The van der Waals surface area contributed by atoms with Crippen molar-refractivity contribution in [2.24, 2.45) is 5.73 Å². The molecule has 0 spiro atoms. The summed E-state index contributed by atoms with van der Waals surface area (Å²) in [6.07, 6.45) is 8.42. The third-order valence-corrected chi connectivity index (χ3v) is 6.74. The summed E-state index contributed by atoms with van der Waals surface area (Å²) in [5.74, 6) is -1.18. The van der Waals surface area contributed by atoms with Gasteiger partial charge in [0, 0.05) is 6.42 Å². The van der Waals surface area contributed by atoms with Gasteiger partial charge in [-0.05, 0) is 43.5 Å². The number of carboxylic acids is 1. The summed E-state index contributed by atoms with van der Waals surface area (Å²) >= 11 is 6.29. The van der Waals surface area contributed by atoms with Crippen molar-refractivity contribution in [1.29, 1.82) is 0 Å². The predicted octanol–water partition coefficient (Wildman–Crippen LogP) is 4.74. The van der Waals surface area contributed by atoms with Gasteiger partial charge in [0.2, 0.25) is 5.91 Å². The van der Waals surface area contributed by atoms with Crippen molar-refractivity contribution in [1.82, 2.24) is 4.90 Å². The first kappa shape index (κ1) is 28.6. The van der Waals surface area contributed by atoms with Crippen molar-refractivity contribution in [3.63, 3.8) is 0 Å². The first-order valence-corrected chi connectivity index (χ1v) is 13.2. The molecule has 8 nitrogen and oxygen atoms in total. The zero-order valence-corrected chi connectivity index (χ0v) is 21.9. The molecule has 0 saturated carbocycles. The van der Waals surface area contributed by atoms with Gasteiger partial charge in [0.05, 0.1) is 18.1 Å². The van der Waals surface area contributed by atoms with E-state index in [4.69, 9.17) is 27.4 Å². The third-order valence-electron chi connectivity index (χ3n) is 5.41. The molecule has 1 aliphatic heterocycles. The van der Waals surface area contributed by atoms with Crippen LogP contribution in [0.15, 0.2) is 23.1 Å². The molecule has 0 radical (unpaired) electrons. The molecule has 0 aromatic heterocycles. The first-order valence-electron chi connectivity index (χ1n) is 12.0. The summed E-state index contributed by atoms with van der Waals surface area (Å²) < 4.78 is 11.8. The molecule has 35 heavy (non-hydrogen) atoms. The van der Waals surface area contributed by atoms with Crippen molar-refractivity contribution in [3.05, 3.63) is 28.7 Å². The lowest BCUT2D eigenvalue weighted by molar-refractivity contribution is -0.145. The number of carbonyl (C=O) groups is 3. The van der Waals surface area contributed by atoms with Gasteiger partial charge >= 0.3 is 5.97 Å². The summed E-state index contributed by atoms with van der Waals surface area (Å²) in [5.41, 5.74) is 5.84. The number of carbonyl (C=O) groups excluding carboxylic acids is 2. The van der Waals surface area contributed by atoms with Crippen LogP contribution in [0.2, 0.25) is 0 Å². The first-order chi connectivity index (χ1) is 16.8. The van der Waals surface area contributed by atoms with E-state index in [1.54, 1.807) is 12.1 Å². The Kier molecular flexibility index (Phi) is 12.1. The largest absolute Gasteiger partial charge is 0.490 e. The van der Waals surface area contributed by atoms with E-state index in [0.717, 1.165) is 29.5 Å². The van der Waals surface area contributed by atoms with Crippen LogP contribution in [0, 0.1) is 0 Å². The number of rotatable bonds is 16. The van der Waals surface area contributed by atoms with Crippen LogP contribution in [0.5, 0.6) is 11.5 Å². The Labute approximate surface area is 216 Å². The smallest absolute Gasteiger partial charge is 0.326 e. The fourth-order valence-electron chi connectivity index (χ4n) is 3.61. The summed E-state index contributed by atoms with van der Waals surface area (Å²) in [6, 6.07) is 4.15. The lowest BCUT2D eigenvalue weighted by atomic mass is 10.1. The Morgan fingerprint density at radius 3 is 2.51 bits per heavy atom. The molecule has 1 aromatic carbocycles. The van der Waals surface area contributed by atoms with Gasteiger partial charge in [0.1, 0.15) is 10.4 Å². The van der Waals surface area contributed by atoms with Gasteiger partial charge in [0.15, 0.2) is 11.5 Å². The van der Waals surface area contributed by atoms with Crippen LogP contribution in [0.25, 0.3) is 6.08 Å². The summed E-state index contributed by atoms with van der Waals surface area (Å²) in [5, 5.41) is 9.56. The summed E-state index contributed by atoms with van der Waals surface area (Å²) in [4.78, 5) is 37.1. The predicted molar refractivity (Wildman–Crippen MR) is 141 cm³/mol. The Morgan fingerprint density at radius 1 is 1.14 bits per heavy atom. The van der Waals surface area contributed by atoms with Gasteiger partial charge in [-0.2, -0.15) is 0 Å².